The lowest BCUT2D eigenvalue weighted by molar-refractivity contribution is -0.118. The van der Waals surface area contributed by atoms with E-state index in [4.69, 9.17) is 0 Å². The number of carbonyl (C=O) groups excluding carboxylic acids is 1. The summed E-state index contributed by atoms with van der Waals surface area (Å²) < 4.78 is 0. The van der Waals surface area contributed by atoms with E-state index in [0.717, 1.165) is 31.0 Å². The van der Waals surface area contributed by atoms with Crippen molar-refractivity contribution in [1.82, 2.24) is 15.6 Å². The van der Waals surface area contributed by atoms with Crippen LogP contribution < -0.4 is 10.6 Å². The number of halogens is 2. The first-order valence-electron chi connectivity index (χ1n) is 6.28. The van der Waals surface area contributed by atoms with Crippen molar-refractivity contribution in [3.63, 3.8) is 0 Å². The Morgan fingerprint density at radius 1 is 1.25 bits per heavy atom. The molecule has 0 fully saturated rings. The number of carbonyl (C=O) groups is 1. The van der Waals surface area contributed by atoms with Crippen molar-refractivity contribution in [3.05, 3.63) is 30.1 Å². The molecule has 0 aromatic carbocycles. The van der Waals surface area contributed by atoms with Crippen LogP contribution in [0.15, 0.2) is 24.4 Å². The molecule has 0 aliphatic heterocycles. The van der Waals surface area contributed by atoms with Gasteiger partial charge in [-0.3, -0.25) is 9.78 Å². The van der Waals surface area contributed by atoms with Crippen molar-refractivity contribution in [2.45, 2.75) is 19.1 Å². The van der Waals surface area contributed by atoms with E-state index in [2.05, 4.69) is 22.5 Å². The van der Waals surface area contributed by atoms with E-state index in [0.29, 0.717) is 12.3 Å². The van der Waals surface area contributed by atoms with Crippen molar-refractivity contribution < 1.29 is 4.79 Å². The Bertz CT molecular complexity index is 342. The van der Waals surface area contributed by atoms with Gasteiger partial charge < -0.3 is 10.6 Å². The summed E-state index contributed by atoms with van der Waals surface area (Å²) in [7, 11) is 0. The van der Waals surface area contributed by atoms with Crippen molar-refractivity contribution in [2.75, 3.05) is 25.4 Å². The van der Waals surface area contributed by atoms with Crippen LogP contribution in [0.2, 0.25) is 0 Å². The van der Waals surface area contributed by atoms with E-state index in [-0.39, 0.29) is 30.7 Å². The SMILES string of the molecule is CCCNCCNC(=O)CSCc1ccccn1.Cl.Cl. The van der Waals surface area contributed by atoms with E-state index in [1.807, 2.05) is 18.2 Å². The smallest absolute Gasteiger partial charge is 0.230 e. The molecule has 116 valence electrons. The average Bonchev–Trinajstić information content (AvgIpc) is 2.40. The molecule has 0 atom stereocenters. The number of amides is 1. The normalized spacial score (nSPS) is 9.25. The minimum absolute atomic E-state index is 0. The van der Waals surface area contributed by atoms with E-state index in [1.165, 1.54) is 0 Å². The zero-order chi connectivity index (χ0) is 13.1. The van der Waals surface area contributed by atoms with Gasteiger partial charge in [-0.25, -0.2) is 0 Å². The van der Waals surface area contributed by atoms with E-state index in [1.54, 1.807) is 18.0 Å². The summed E-state index contributed by atoms with van der Waals surface area (Å²) in [6, 6.07) is 5.83. The molecule has 1 heterocycles. The van der Waals surface area contributed by atoms with Gasteiger partial charge in [-0.1, -0.05) is 13.0 Å². The maximum atomic E-state index is 11.5. The molecule has 1 aromatic rings. The van der Waals surface area contributed by atoms with Crippen molar-refractivity contribution in [1.29, 1.82) is 0 Å². The molecule has 7 heteroatoms. The van der Waals surface area contributed by atoms with Crippen molar-refractivity contribution in [3.8, 4) is 0 Å². The van der Waals surface area contributed by atoms with E-state index >= 15 is 0 Å². The van der Waals surface area contributed by atoms with Gasteiger partial charge in [-0.05, 0) is 25.1 Å². The van der Waals surface area contributed by atoms with Crippen LogP contribution in [-0.2, 0) is 10.5 Å². The number of rotatable bonds is 9. The highest BCUT2D eigenvalue weighted by Gasteiger charge is 2.01. The first kappa shape index (κ1) is 21.8. The number of pyridine rings is 1. The van der Waals surface area contributed by atoms with Gasteiger partial charge in [-0.2, -0.15) is 0 Å². The molecule has 0 spiro atoms. The lowest BCUT2D eigenvalue weighted by atomic mass is 10.4. The highest BCUT2D eigenvalue weighted by atomic mass is 35.5. The second-order valence-corrected chi connectivity index (χ2v) is 4.90. The Morgan fingerprint density at radius 2 is 2.05 bits per heavy atom. The summed E-state index contributed by atoms with van der Waals surface area (Å²) in [6.07, 6.45) is 2.89. The number of nitrogens with one attached hydrogen (secondary N) is 2. The molecule has 0 radical (unpaired) electrons. The summed E-state index contributed by atoms with van der Waals surface area (Å²) >= 11 is 1.59. The lowest BCUT2D eigenvalue weighted by Crippen LogP contribution is -2.33. The predicted molar refractivity (Wildman–Crippen MR) is 91.1 cm³/mol. The standard InChI is InChI=1S/C13H21N3OS.2ClH/c1-2-6-14-8-9-16-13(17)11-18-10-12-5-3-4-7-15-12;;/h3-5,7,14H,2,6,8-11H2,1H3,(H,16,17);2*1H. The van der Waals surface area contributed by atoms with Gasteiger partial charge in [0.1, 0.15) is 0 Å². The molecule has 0 saturated carbocycles. The van der Waals surface area contributed by atoms with Crippen LogP contribution in [0.5, 0.6) is 0 Å². The van der Waals surface area contributed by atoms with Crippen LogP contribution in [0.4, 0.5) is 0 Å². The quantitative estimate of drug-likeness (QED) is 0.677. The van der Waals surface area contributed by atoms with Crippen molar-refractivity contribution in [2.24, 2.45) is 0 Å². The summed E-state index contributed by atoms with van der Waals surface area (Å²) in [5.74, 6) is 1.36. The van der Waals surface area contributed by atoms with Crippen LogP contribution in [0.1, 0.15) is 19.0 Å². The molecular formula is C13H23Cl2N3OS. The zero-order valence-electron chi connectivity index (χ0n) is 11.6. The second-order valence-electron chi connectivity index (χ2n) is 3.91. The average molecular weight is 340 g/mol. The number of hydrogen-bond donors (Lipinski definition) is 2. The molecular weight excluding hydrogens is 317 g/mol. The predicted octanol–water partition coefficient (Wildman–Crippen LogP) is 2.27. The Morgan fingerprint density at radius 3 is 2.70 bits per heavy atom. The number of hydrogen-bond acceptors (Lipinski definition) is 4. The molecule has 20 heavy (non-hydrogen) atoms. The van der Waals surface area contributed by atoms with Gasteiger partial charge in [0.05, 0.1) is 11.4 Å². The zero-order valence-corrected chi connectivity index (χ0v) is 14.1. The third kappa shape index (κ3) is 11.3. The fourth-order valence-corrected chi connectivity index (χ4v) is 2.14. The minimum Gasteiger partial charge on any atom is -0.354 e. The number of thioether (sulfide) groups is 1. The van der Waals surface area contributed by atoms with Gasteiger partial charge in [0.15, 0.2) is 0 Å². The molecule has 0 aliphatic rings. The Balaban J connectivity index is 0. The largest absolute Gasteiger partial charge is 0.354 e. The van der Waals surface area contributed by atoms with Gasteiger partial charge >= 0.3 is 0 Å². The van der Waals surface area contributed by atoms with E-state index in [9.17, 15) is 4.79 Å². The molecule has 0 saturated heterocycles. The fourth-order valence-electron chi connectivity index (χ4n) is 1.37. The summed E-state index contributed by atoms with van der Waals surface area (Å²) in [4.78, 5) is 15.7. The van der Waals surface area contributed by atoms with Crippen LogP contribution >= 0.6 is 36.6 Å². The minimum atomic E-state index is 0. The molecule has 4 nitrogen and oxygen atoms in total. The summed E-state index contributed by atoms with van der Waals surface area (Å²) in [6.45, 7) is 4.66. The fraction of sp³-hybridized carbons (Fsp3) is 0.538. The summed E-state index contributed by atoms with van der Waals surface area (Å²) in [5, 5.41) is 6.13. The third-order valence-corrected chi connectivity index (χ3v) is 3.23. The van der Waals surface area contributed by atoms with Gasteiger partial charge in [0, 0.05) is 25.0 Å². The van der Waals surface area contributed by atoms with Crippen molar-refractivity contribution >= 4 is 42.5 Å². The highest BCUT2D eigenvalue weighted by molar-refractivity contribution is 7.99. The van der Waals surface area contributed by atoms with Gasteiger partial charge in [0.2, 0.25) is 5.91 Å². The molecule has 1 amide bonds. The Kier molecular flexibility index (Phi) is 16.3. The molecule has 2 N–H and O–H groups in total. The summed E-state index contributed by atoms with van der Waals surface area (Å²) in [5.41, 5.74) is 1.01. The first-order chi connectivity index (χ1) is 8.83. The third-order valence-electron chi connectivity index (χ3n) is 2.26. The number of nitrogens with zero attached hydrogens (tertiary/aromatic N) is 1. The lowest BCUT2D eigenvalue weighted by Gasteiger charge is -2.05. The maximum absolute atomic E-state index is 11.5. The second kappa shape index (κ2) is 14.9. The Hall–Kier alpha value is -0.490. The monoisotopic (exact) mass is 339 g/mol. The van der Waals surface area contributed by atoms with Gasteiger partial charge in [0.25, 0.3) is 0 Å². The molecule has 0 unspecified atom stereocenters. The van der Waals surface area contributed by atoms with E-state index < -0.39 is 0 Å². The highest BCUT2D eigenvalue weighted by Crippen LogP contribution is 2.08. The van der Waals surface area contributed by atoms with Crippen LogP contribution in [0, 0.1) is 0 Å². The van der Waals surface area contributed by atoms with Crippen LogP contribution in [-0.4, -0.2) is 36.3 Å². The van der Waals surface area contributed by atoms with Gasteiger partial charge in [-0.15, -0.1) is 36.6 Å². The van der Waals surface area contributed by atoms with Crippen LogP contribution in [0.3, 0.4) is 0 Å². The molecule has 1 aromatic heterocycles. The topological polar surface area (TPSA) is 54.0 Å². The maximum Gasteiger partial charge on any atom is 0.230 e. The molecule has 1 rings (SSSR count). The Labute approximate surface area is 137 Å². The molecule has 0 aliphatic carbocycles. The first-order valence-corrected chi connectivity index (χ1v) is 7.43. The molecule has 0 bridgehead atoms. The number of aromatic nitrogens is 1. The van der Waals surface area contributed by atoms with Crippen LogP contribution in [0.25, 0.3) is 0 Å².